The molecule has 1 amide bonds. The molecule has 2 rings (SSSR count). The van der Waals surface area contributed by atoms with Crippen LogP contribution in [0, 0.1) is 17.7 Å². The van der Waals surface area contributed by atoms with Gasteiger partial charge in [0.05, 0.1) is 5.92 Å². The summed E-state index contributed by atoms with van der Waals surface area (Å²) < 4.78 is 34.9. The quantitative estimate of drug-likeness (QED) is 0.504. The van der Waals surface area contributed by atoms with Crippen LogP contribution in [0.5, 0.6) is 0 Å². The number of rotatable bonds is 5. The molecule has 0 aliphatic carbocycles. The zero-order chi connectivity index (χ0) is 25.6. The van der Waals surface area contributed by atoms with Crippen molar-refractivity contribution in [1.82, 2.24) is 5.32 Å². The molecule has 0 spiro atoms. The van der Waals surface area contributed by atoms with E-state index in [1.165, 1.54) is 31.2 Å². The molecular weight excluding hydrogens is 449 g/mol. The molecule has 1 aliphatic heterocycles. The lowest BCUT2D eigenvalue weighted by atomic mass is 9.91. The molecule has 188 valence electrons. The van der Waals surface area contributed by atoms with Crippen LogP contribution in [0.1, 0.15) is 47.1 Å². The first kappa shape index (κ1) is 27.1. The molecule has 4 atom stereocenters. The Hall–Kier alpha value is -3.17. The summed E-state index contributed by atoms with van der Waals surface area (Å²) >= 11 is 0. The van der Waals surface area contributed by atoms with E-state index in [9.17, 15) is 23.6 Å². The number of hydrogen-bond acceptors (Lipinski definition) is 8. The van der Waals surface area contributed by atoms with Crippen molar-refractivity contribution < 1.29 is 42.5 Å². The van der Waals surface area contributed by atoms with Gasteiger partial charge in [-0.05, 0) is 51.8 Å². The number of esters is 3. The van der Waals surface area contributed by atoms with Crippen LogP contribution in [0.25, 0.3) is 0 Å². The van der Waals surface area contributed by atoms with Gasteiger partial charge in [-0.15, -0.1) is 0 Å². The van der Waals surface area contributed by atoms with Crippen molar-refractivity contribution in [2.24, 2.45) is 11.8 Å². The fraction of sp³-hybridized carbons (Fsp3) is 0.583. The SMILES string of the molecule is CC(C)C(=O)O[C@H]1[C@H](C)OC(=O)[C@@H](NC(=O)OC(C)(C)C)COC(=O)[C@@H]1Cc1ccc(F)cc1. The van der Waals surface area contributed by atoms with E-state index < -0.39 is 72.1 Å². The van der Waals surface area contributed by atoms with Gasteiger partial charge in [0.25, 0.3) is 0 Å². The molecule has 0 radical (unpaired) electrons. The molecule has 1 aliphatic rings. The Bertz CT molecular complexity index is 893. The molecule has 1 heterocycles. The molecule has 0 unspecified atom stereocenters. The van der Waals surface area contributed by atoms with Gasteiger partial charge < -0.3 is 24.3 Å². The fourth-order valence-electron chi connectivity index (χ4n) is 3.21. The van der Waals surface area contributed by atoms with Crippen LogP contribution < -0.4 is 5.32 Å². The van der Waals surface area contributed by atoms with Crippen LogP contribution in [0.4, 0.5) is 9.18 Å². The number of halogens is 1. The Kier molecular flexibility index (Phi) is 9.00. The third-order valence-corrected chi connectivity index (χ3v) is 4.92. The van der Waals surface area contributed by atoms with Gasteiger partial charge in [-0.25, -0.2) is 14.0 Å². The predicted octanol–water partition coefficient (Wildman–Crippen LogP) is 2.93. The maximum atomic E-state index is 13.3. The van der Waals surface area contributed by atoms with Crippen molar-refractivity contribution >= 4 is 24.0 Å². The second-order valence-corrected chi connectivity index (χ2v) is 9.46. The predicted molar refractivity (Wildman–Crippen MR) is 118 cm³/mol. The topological polar surface area (TPSA) is 117 Å². The zero-order valence-electron chi connectivity index (χ0n) is 20.3. The van der Waals surface area contributed by atoms with Crippen molar-refractivity contribution in [2.45, 2.75) is 71.8 Å². The second kappa shape index (κ2) is 11.3. The molecule has 34 heavy (non-hydrogen) atoms. The first-order valence-corrected chi connectivity index (χ1v) is 11.1. The number of hydrogen-bond donors (Lipinski definition) is 1. The molecule has 1 fully saturated rings. The number of ether oxygens (including phenoxy) is 4. The van der Waals surface area contributed by atoms with Gasteiger partial charge in [-0.2, -0.15) is 0 Å². The molecular formula is C24H32FNO8. The lowest BCUT2D eigenvalue weighted by Gasteiger charge is -2.29. The van der Waals surface area contributed by atoms with E-state index in [0.29, 0.717) is 5.56 Å². The molecule has 1 N–H and O–H groups in total. The Morgan fingerprint density at radius 2 is 1.76 bits per heavy atom. The number of carbonyl (C=O) groups is 4. The summed E-state index contributed by atoms with van der Waals surface area (Å²) in [4.78, 5) is 50.3. The van der Waals surface area contributed by atoms with E-state index in [4.69, 9.17) is 18.9 Å². The Balaban J connectivity index is 2.32. The van der Waals surface area contributed by atoms with E-state index in [1.807, 2.05) is 0 Å². The summed E-state index contributed by atoms with van der Waals surface area (Å²) in [5.41, 5.74) is -0.220. The van der Waals surface area contributed by atoms with Crippen molar-refractivity contribution in [3.8, 4) is 0 Å². The monoisotopic (exact) mass is 481 g/mol. The van der Waals surface area contributed by atoms with Crippen LogP contribution >= 0.6 is 0 Å². The van der Waals surface area contributed by atoms with E-state index in [-0.39, 0.29) is 6.42 Å². The minimum Gasteiger partial charge on any atom is -0.463 e. The minimum absolute atomic E-state index is 0.0429. The van der Waals surface area contributed by atoms with Crippen LogP contribution in [-0.4, -0.2) is 54.5 Å². The number of alkyl carbamates (subject to hydrolysis) is 1. The lowest BCUT2D eigenvalue weighted by molar-refractivity contribution is -0.176. The highest BCUT2D eigenvalue weighted by Crippen LogP contribution is 2.25. The number of amides is 1. The van der Waals surface area contributed by atoms with Gasteiger partial charge in [0.15, 0.2) is 12.1 Å². The summed E-state index contributed by atoms with van der Waals surface area (Å²) in [7, 11) is 0. The van der Waals surface area contributed by atoms with Gasteiger partial charge in [0.1, 0.15) is 30.0 Å². The highest BCUT2D eigenvalue weighted by atomic mass is 19.1. The maximum absolute atomic E-state index is 13.3. The normalized spacial score (nSPS) is 23.6. The van der Waals surface area contributed by atoms with Gasteiger partial charge in [-0.1, -0.05) is 26.0 Å². The third-order valence-electron chi connectivity index (χ3n) is 4.92. The van der Waals surface area contributed by atoms with Crippen LogP contribution in [-0.2, 0) is 39.8 Å². The molecule has 1 saturated heterocycles. The van der Waals surface area contributed by atoms with Crippen LogP contribution in [0.3, 0.4) is 0 Å². The van der Waals surface area contributed by atoms with E-state index in [0.717, 1.165) is 0 Å². The number of benzene rings is 1. The average Bonchev–Trinajstić information content (AvgIpc) is 2.75. The molecule has 0 saturated carbocycles. The number of carbonyl (C=O) groups excluding carboxylic acids is 4. The highest BCUT2D eigenvalue weighted by Gasteiger charge is 2.42. The van der Waals surface area contributed by atoms with Crippen molar-refractivity contribution in [1.29, 1.82) is 0 Å². The van der Waals surface area contributed by atoms with Gasteiger partial charge in [0.2, 0.25) is 0 Å². The largest absolute Gasteiger partial charge is 0.463 e. The Morgan fingerprint density at radius 1 is 1.15 bits per heavy atom. The van der Waals surface area contributed by atoms with Gasteiger partial charge >= 0.3 is 24.0 Å². The van der Waals surface area contributed by atoms with Gasteiger partial charge in [-0.3, -0.25) is 9.59 Å². The molecule has 0 aromatic heterocycles. The summed E-state index contributed by atoms with van der Waals surface area (Å²) in [5, 5.41) is 2.34. The maximum Gasteiger partial charge on any atom is 0.408 e. The average molecular weight is 482 g/mol. The molecule has 1 aromatic carbocycles. The third kappa shape index (κ3) is 8.00. The fourth-order valence-corrected chi connectivity index (χ4v) is 3.21. The zero-order valence-corrected chi connectivity index (χ0v) is 20.3. The number of nitrogens with one attached hydrogen (secondary N) is 1. The van der Waals surface area contributed by atoms with Gasteiger partial charge in [0, 0.05) is 0 Å². The number of cyclic esters (lactones) is 2. The lowest BCUT2D eigenvalue weighted by Crippen LogP contribution is -2.48. The molecule has 10 heteroatoms. The summed E-state index contributed by atoms with van der Waals surface area (Å²) in [6.07, 6.45) is -3.06. The van der Waals surface area contributed by atoms with Crippen LogP contribution in [0.2, 0.25) is 0 Å². The smallest absolute Gasteiger partial charge is 0.408 e. The molecule has 9 nitrogen and oxygen atoms in total. The highest BCUT2D eigenvalue weighted by molar-refractivity contribution is 5.83. The van der Waals surface area contributed by atoms with Crippen molar-refractivity contribution in [3.63, 3.8) is 0 Å². The summed E-state index contributed by atoms with van der Waals surface area (Å²) in [6.45, 7) is 9.20. The first-order valence-electron chi connectivity index (χ1n) is 11.1. The van der Waals surface area contributed by atoms with E-state index >= 15 is 0 Å². The molecule has 0 bridgehead atoms. The van der Waals surface area contributed by atoms with Crippen molar-refractivity contribution in [3.05, 3.63) is 35.6 Å². The Morgan fingerprint density at radius 3 is 2.32 bits per heavy atom. The summed E-state index contributed by atoms with van der Waals surface area (Å²) in [5.74, 6) is -4.21. The second-order valence-electron chi connectivity index (χ2n) is 9.46. The summed E-state index contributed by atoms with van der Waals surface area (Å²) in [6, 6.07) is 4.16. The standard InChI is InChI=1S/C24H32FNO8/c1-13(2)20(27)33-19-14(3)32-22(29)18(26-23(30)34-24(4,5)6)12-31-21(28)17(19)11-15-7-9-16(25)10-8-15/h7-10,13-14,17-19H,11-12H2,1-6H3,(H,26,30)/t14-,17+,18-,19-/m0/s1. The first-order chi connectivity index (χ1) is 15.8. The van der Waals surface area contributed by atoms with E-state index in [1.54, 1.807) is 34.6 Å². The molecule has 1 aromatic rings. The Labute approximate surface area is 198 Å². The van der Waals surface area contributed by atoms with Crippen molar-refractivity contribution in [2.75, 3.05) is 6.61 Å². The minimum atomic E-state index is -1.33. The van der Waals surface area contributed by atoms with E-state index in [2.05, 4.69) is 5.32 Å². The van der Waals surface area contributed by atoms with Crippen LogP contribution in [0.15, 0.2) is 24.3 Å².